The van der Waals surface area contributed by atoms with E-state index in [0.29, 0.717) is 22.8 Å². The average molecular weight is 411 g/mol. The van der Waals surface area contributed by atoms with Gasteiger partial charge in [0.25, 0.3) is 0 Å². The van der Waals surface area contributed by atoms with Crippen molar-refractivity contribution in [2.45, 2.75) is 0 Å². The highest BCUT2D eigenvalue weighted by Gasteiger charge is 2.18. The third-order valence-corrected chi connectivity index (χ3v) is 5.78. The van der Waals surface area contributed by atoms with Gasteiger partial charge in [0.05, 0.1) is 16.9 Å². The predicted molar refractivity (Wildman–Crippen MR) is 118 cm³/mol. The minimum absolute atomic E-state index is 0.212. The van der Waals surface area contributed by atoms with Crippen molar-refractivity contribution < 1.29 is 4.39 Å². The number of thiophene rings is 1. The van der Waals surface area contributed by atoms with Crippen LogP contribution in [-0.4, -0.2) is 48.9 Å². The lowest BCUT2D eigenvalue weighted by Crippen LogP contribution is -2.44. The number of anilines is 2. The lowest BCUT2D eigenvalue weighted by molar-refractivity contribution is 0.311. The number of aliphatic imine (C=N–C) groups is 1. The maximum absolute atomic E-state index is 14.8. The highest BCUT2D eigenvalue weighted by atomic mass is 32.1. The van der Waals surface area contributed by atoms with Crippen LogP contribution in [0.15, 0.2) is 52.3 Å². The largest absolute Gasteiger partial charge is 0.383 e. The quantitative estimate of drug-likeness (QED) is 0.509. The van der Waals surface area contributed by atoms with E-state index in [0.717, 1.165) is 37.3 Å². The van der Waals surface area contributed by atoms with Gasteiger partial charge in [-0.1, -0.05) is 0 Å². The molecule has 0 aliphatic carbocycles. The number of pyridine rings is 1. The van der Waals surface area contributed by atoms with E-state index in [4.69, 9.17) is 11.5 Å². The highest BCUT2D eigenvalue weighted by Crippen LogP contribution is 2.30. The number of nitrogens with zero attached hydrogens (tertiary/aromatic N) is 4. The molecule has 4 N–H and O–H groups in total. The number of benzene rings is 1. The van der Waals surface area contributed by atoms with E-state index in [1.54, 1.807) is 29.7 Å². The number of likely N-dealkylation sites (N-methyl/N-ethyl adjacent to an activating group) is 1. The van der Waals surface area contributed by atoms with E-state index >= 15 is 0 Å². The first-order chi connectivity index (χ1) is 14.0. The second-order valence-electron chi connectivity index (χ2n) is 7.05. The van der Waals surface area contributed by atoms with Crippen molar-refractivity contribution in [3.63, 3.8) is 0 Å². The lowest BCUT2D eigenvalue weighted by atomic mass is 10.0. The predicted octanol–water partition coefficient (Wildman–Crippen LogP) is 3.32. The molecular formula is C21H23FN6S. The first-order valence-electron chi connectivity index (χ1n) is 9.37. The Morgan fingerprint density at radius 1 is 1.17 bits per heavy atom. The van der Waals surface area contributed by atoms with Crippen molar-refractivity contribution in [1.82, 2.24) is 9.88 Å². The van der Waals surface area contributed by atoms with Gasteiger partial charge in [-0.3, -0.25) is 0 Å². The van der Waals surface area contributed by atoms with Gasteiger partial charge >= 0.3 is 0 Å². The van der Waals surface area contributed by atoms with Gasteiger partial charge in [-0.15, -0.1) is 0 Å². The van der Waals surface area contributed by atoms with Crippen molar-refractivity contribution in [2.75, 3.05) is 43.9 Å². The van der Waals surface area contributed by atoms with Gasteiger partial charge in [-0.25, -0.2) is 14.4 Å². The summed E-state index contributed by atoms with van der Waals surface area (Å²) in [6.45, 7) is 3.43. The summed E-state index contributed by atoms with van der Waals surface area (Å²) in [4.78, 5) is 12.9. The molecule has 3 heterocycles. The van der Waals surface area contributed by atoms with Crippen molar-refractivity contribution >= 4 is 34.4 Å². The van der Waals surface area contributed by atoms with E-state index < -0.39 is 0 Å². The molecule has 150 valence electrons. The standard InChI is InChI=1S/C21H23FN6S/c1-27-7-9-28(10-8-27)18-3-2-15(12-17(18)22)26-21(24)19-16(4-6-25-20(19)23)14-5-11-29-13-14/h2-6,11-13H,7-10H2,1H3,(H2,23,25)(H2,24,26). The van der Waals surface area contributed by atoms with Crippen LogP contribution in [0.4, 0.5) is 21.6 Å². The van der Waals surface area contributed by atoms with Gasteiger partial charge in [0.15, 0.2) is 0 Å². The van der Waals surface area contributed by atoms with Crippen molar-refractivity contribution in [1.29, 1.82) is 0 Å². The Labute approximate surface area is 173 Å². The zero-order valence-electron chi connectivity index (χ0n) is 16.2. The number of halogens is 1. The number of nitrogens with two attached hydrogens (primary N) is 2. The zero-order valence-corrected chi connectivity index (χ0v) is 17.0. The summed E-state index contributed by atoms with van der Waals surface area (Å²) in [6, 6.07) is 8.80. The Morgan fingerprint density at radius 3 is 2.66 bits per heavy atom. The van der Waals surface area contributed by atoms with E-state index in [9.17, 15) is 4.39 Å². The van der Waals surface area contributed by atoms with Gasteiger partial charge < -0.3 is 21.3 Å². The van der Waals surface area contributed by atoms with Gasteiger partial charge in [0, 0.05) is 38.4 Å². The molecule has 0 amide bonds. The number of nitrogen functional groups attached to an aromatic ring is 1. The molecule has 1 aliphatic heterocycles. The van der Waals surface area contributed by atoms with Crippen LogP contribution in [0.3, 0.4) is 0 Å². The first kappa shape index (κ1) is 19.4. The Hall–Kier alpha value is -2.97. The number of hydrogen-bond donors (Lipinski definition) is 2. The molecule has 8 heteroatoms. The monoisotopic (exact) mass is 410 g/mol. The zero-order chi connectivity index (χ0) is 20.4. The molecule has 0 spiro atoms. The smallest absolute Gasteiger partial charge is 0.148 e. The van der Waals surface area contributed by atoms with Crippen molar-refractivity contribution in [2.24, 2.45) is 10.7 Å². The Kier molecular flexibility index (Phi) is 5.46. The first-order valence-corrected chi connectivity index (χ1v) is 10.3. The van der Waals surface area contributed by atoms with Crippen LogP contribution in [0.1, 0.15) is 5.56 Å². The molecule has 1 saturated heterocycles. The van der Waals surface area contributed by atoms with Crippen LogP contribution in [0, 0.1) is 5.82 Å². The fraction of sp³-hybridized carbons (Fsp3) is 0.238. The summed E-state index contributed by atoms with van der Waals surface area (Å²) >= 11 is 1.58. The molecule has 0 saturated carbocycles. The van der Waals surface area contributed by atoms with Crippen molar-refractivity contribution in [3.8, 4) is 11.1 Å². The summed E-state index contributed by atoms with van der Waals surface area (Å²) in [7, 11) is 2.07. The van der Waals surface area contributed by atoms with E-state index in [1.807, 2.05) is 22.9 Å². The van der Waals surface area contributed by atoms with E-state index in [2.05, 4.69) is 26.8 Å². The second kappa shape index (κ2) is 8.18. The van der Waals surface area contributed by atoms with Crippen LogP contribution in [0.25, 0.3) is 11.1 Å². The van der Waals surface area contributed by atoms with Gasteiger partial charge in [0.2, 0.25) is 0 Å². The summed E-state index contributed by atoms with van der Waals surface area (Å²) in [5.74, 6) is 0.203. The molecule has 3 aromatic rings. The fourth-order valence-corrected chi connectivity index (χ4v) is 4.13. The second-order valence-corrected chi connectivity index (χ2v) is 7.83. The van der Waals surface area contributed by atoms with Gasteiger partial charge in [-0.2, -0.15) is 11.3 Å². The van der Waals surface area contributed by atoms with Crippen LogP contribution in [0.5, 0.6) is 0 Å². The number of piperazine rings is 1. The summed E-state index contributed by atoms with van der Waals surface area (Å²) in [5, 5.41) is 3.99. The van der Waals surface area contributed by atoms with Crippen LogP contribution in [-0.2, 0) is 0 Å². The summed E-state index contributed by atoms with van der Waals surface area (Å²) in [6.07, 6.45) is 1.64. The molecule has 1 aromatic carbocycles. The molecule has 1 fully saturated rings. The number of rotatable bonds is 4. The average Bonchev–Trinajstić information content (AvgIpc) is 3.23. The maximum atomic E-state index is 14.8. The molecule has 0 unspecified atom stereocenters. The number of aromatic nitrogens is 1. The molecule has 6 nitrogen and oxygen atoms in total. The van der Waals surface area contributed by atoms with Crippen LogP contribution < -0.4 is 16.4 Å². The third kappa shape index (κ3) is 4.08. The topological polar surface area (TPSA) is 83.8 Å². The van der Waals surface area contributed by atoms with Crippen molar-refractivity contribution in [3.05, 3.63) is 58.7 Å². The molecule has 0 atom stereocenters. The fourth-order valence-electron chi connectivity index (χ4n) is 3.47. The van der Waals surface area contributed by atoms with E-state index in [1.165, 1.54) is 6.07 Å². The maximum Gasteiger partial charge on any atom is 0.148 e. The molecule has 4 rings (SSSR count). The Morgan fingerprint density at radius 2 is 1.97 bits per heavy atom. The molecule has 29 heavy (non-hydrogen) atoms. The Balaban J connectivity index is 1.65. The third-order valence-electron chi connectivity index (χ3n) is 5.09. The molecule has 0 radical (unpaired) electrons. The molecular weight excluding hydrogens is 387 g/mol. The van der Waals surface area contributed by atoms with Crippen LogP contribution in [0.2, 0.25) is 0 Å². The van der Waals surface area contributed by atoms with Gasteiger partial charge in [-0.05, 0) is 53.2 Å². The molecule has 2 aromatic heterocycles. The minimum atomic E-state index is -0.305. The van der Waals surface area contributed by atoms with E-state index in [-0.39, 0.29) is 11.7 Å². The highest BCUT2D eigenvalue weighted by molar-refractivity contribution is 7.08. The van der Waals surface area contributed by atoms with Crippen LogP contribution >= 0.6 is 11.3 Å². The lowest BCUT2D eigenvalue weighted by Gasteiger charge is -2.34. The number of hydrogen-bond acceptors (Lipinski definition) is 6. The minimum Gasteiger partial charge on any atom is -0.383 e. The number of amidine groups is 1. The normalized spacial score (nSPS) is 15.7. The Bertz CT molecular complexity index is 1030. The molecule has 0 bridgehead atoms. The summed E-state index contributed by atoms with van der Waals surface area (Å²) in [5.41, 5.74) is 15.8. The molecule has 1 aliphatic rings. The SMILES string of the molecule is CN1CCN(c2ccc(N=C(N)c3c(-c4ccsc4)ccnc3N)cc2F)CC1. The summed E-state index contributed by atoms with van der Waals surface area (Å²) < 4.78 is 14.8. The van der Waals surface area contributed by atoms with Gasteiger partial charge in [0.1, 0.15) is 17.5 Å².